The quantitative estimate of drug-likeness (QED) is 0.422. The van der Waals surface area contributed by atoms with Gasteiger partial charge in [0.05, 0.1) is 5.69 Å². The first-order valence-corrected chi connectivity index (χ1v) is 5.78. The molecule has 1 aromatic rings. The summed E-state index contributed by atoms with van der Waals surface area (Å²) in [6, 6.07) is 4.18. The molecule has 0 aromatic heterocycles. The fourth-order valence-corrected chi connectivity index (χ4v) is 2.27. The number of phenolic OH excluding ortho intramolecular Hbond substituents is 1. The Bertz CT molecular complexity index is 348. The summed E-state index contributed by atoms with van der Waals surface area (Å²) in [5.41, 5.74) is 7.19. The van der Waals surface area contributed by atoms with Crippen LogP contribution in [0.15, 0.2) is 12.1 Å². The lowest BCUT2D eigenvalue weighted by Crippen LogP contribution is -2.13. The van der Waals surface area contributed by atoms with E-state index in [9.17, 15) is 5.11 Å². The summed E-state index contributed by atoms with van der Waals surface area (Å²) < 4.78 is 0.904. The summed E-state index contributed by atoms with van der Waals surface area (Å²) in [6.45, 7) is 1.02. The van der Waals surface area contributed by atoms with Crippen LogP contribution in [0, 0.1) is 3.57 Å². The molecule has 1 heterocycles. The van der Waals surface area contributed by atoms with Gasteiger partial charge in [0, 0.05) is 15.2 Å². The van der Waals surface area contributed by atoms with Crippen molar-refractivity contribution in [1.82, 2.24) is 5.32 Å². The van der Waals surface area contributed by atoms with E-state index in [-0.39, 0.29) is 11.8 Å². The lowest BCUT2D eigenvalue weighted by molar-refractivity contribution is 0.459. The van der Waals surface area contributed by atoms with E-state index in [0.29, 0.717) is 5.69 Å². The zero-order valence-corrected chi connectivity index (χ0v) is 9.91. The molecule has 1 aromatic carbocycles. The molecule has 1 fully saturated rings. The average Bonchev–Trinajstić information content (AvgIpc) is 2.67. The molecule has 14 heavy (non-hydrogen) atoms. The van der Waals surface area contributed by atoms with Gasteiger partial charge in [-0.25, -0.2) is 0 Å². The Morgan fingerprint density at radius 3 is 2.93 bits per heavy atom. The number of anilines is 1. The molecule has 1 saturated heterocycles. The van der Waals surface area contributed by atoms with Crippen molar-refractivity contribution in [1.29, 1.82) is 0 Å². The van der Waals surface area contributed by atoms with Crippen LogP contribution in [0.4, 0.5) is 5.69 Å². The number of benzene rings is 1. The van der Waals surface area contributed by atoms with Crippen LogP contribution >= 0.6 is 22.6 Å². The highest BCUT2D eigenvalue weighted by Gasteiger charge is 2.20. The molecule has 0 spiro atoms. The third-order valence-corrected chi connectivity index (χ3v) is 3.57. The van der Waals surface area contributed by atoms with Crippen molar-refractivity contribution in [3.63, 3.8) is 0 Å². The van der Waals surface area contributed by atoms with Crippen molar-refractivity contribution in [2.24, 2.45) is 0 Å². The molecule has 3 nitrogen and oxygen atoms in total. The second-order valence-corrected chi connectivity index (χ2v) is 4.71. The highest BCUT2D eigenvalue weighted by atomic mass is 127. The summed E-state index contributed by atoms with van der Waals surface area (Å²) in [4.78, 5) is 0. The van der Waals surface area contributed by atoms with E-state index in [4.69, 9.17) is 5.73 Å². The molecule has 1 atom stereocenters. The average molecular weight is 304 g/mol. The molecule has 1 aliphatic heterocycles. The molecule has 0 saturated carbocycles. The largest absolute Gasteiger partial charge is 0.505 e. The third-order valence-electron chi connectivity index (χ3n) is 2.63. The van der Waals surface area contributed by atoms with Gasteiger partial charge in [-0.05, 0) is 48.0 Å². The van der Waals surface area contributed by atoms with Gasteiger partial charge >= 0.3 is 0 Å². The Labute approximate surface area is 96.8 Å². The third kappa shape index (κ3) is 1.68. The fraction of sp³-hybridized carbons (Fsp3) is 0.400. The number of aromatic hydroxyl groups is 1. The Balaban J connectivity index is 2.38. The summed E-state index contributed by atoms with van der Waals surface area (Å²) in [7, 11) is 0. The molecule has 0 amide bonds. The van der Waals surface area contributed by atoms with Crippen molar-refractivity contribution < 1.29 is 5.11 Å². The van der Waals surface area contributed by atoms with Crippen LogP contribution in [-0.2, 0) is 0 Å². The normalized spacial score (nSPS) is 21.4. The van der Waals surface area contributed by atoms with Gasteiger partial charge in [-0.15, -0.1) is 0 Å². The smallest absolute Gasteiger partial charge is 0.144 e. The lowest BCUT2D eigenvalue weighted by Gasteiger charge is -2.14. The minimum atomic E-state index is 0.247. The molecular formula is C10H13IN2O. The molecule has 0 aliphatic carbocycles. The van der Waals surface area contributed by atoms with E-state index >= 15 is 0 Å². The minimum Gasteiger partial charge on any atom is -0.505 e. The van der Waals surface area contributed by atoms with Gasteiger partial charge in [0.25, 0.3) is 0 Å². The summed E-state index contributed by atoms with van der Waals surface area (Å²) >= 11 is 2.12. The van der Waals surface area contributed by atoms with E-state index in [1.165, 1.54) is 0 Å². The molecular weight excluding hydrogens is 291 g/mol. The van der Waals surface area contributed by atoms with E-state index in [1.807, 2.05) is 12.1 Å². The zero-order valence-electron chi connectivity index (χ0n) is 7.76. The van der Waals surface area contributed by atoms with Gasteiger partial charge < -0.3 is 16.2 Å². The predicted molar refractivity (Wildman–Crippen MR) is 65.2 cm³/mol. The molecule has 4 N–H and O–H groups in total. The first kappa shape index (κ1) is 10.0. The first-order chi connectivity index (χ1) is 6.70. The highest BCUT2D eigenvalue weighted by molar-refractivity contribution is 14.1. The zero-order chi connectivity index (χ0) is 10.1. The summed E-state index contributed by atoms with van der Waals surface area (Å²) in [5.74, 6) is 0.247. The van der Waals surface area contributed by atoms with E-state index in [1.54, 1.807) is 0 Å². The van der Waals surface area contributed by atoms with Crippen LogP contribution in [0.5, 0.6) is 5.75 Å². The number of phenols is 1. The maximum atomic E-state index is 9.87. The maximum Gasteiger partial charge on any atom is 0.144 e. The molecule has 4 heteroatoms. The highest BCUT2D eigenvalue weighted by Crippen LogP contribution is 2.36. The minimum absolute atomic E-state index is 0.247. The van der Waals surface area contributed by atoms with Gasteiger partial charge in [-0.1, -0.05) is 6.07 Å². The Kier molecular flexibility index (Phi) is 2.83. The monoisotopic (exact) mass is 304 g/mol. The van der Waals surface area contributed by atoms with Crippen molar-refractivity contribution in [3.8, 4) is 5.75 Å². The number of halogens is 1. The Hall–Kier alpha value is -0.490. The lowest BCUT2D eigenvalue weighted by atomic mass is 10.0. The van der Waals surface area contributed by atoms with Gasteiger partial charge in [-0.3, -0.25) is 0 Å². The van der Waals surface area contributed by atoms with Crippen LogP contribution in [0.2, 0.25) is 0 Å². The van der Waals surface area contributed by atoms with Crippen molar-refractivity contribution in [2.75, 3.05) is 12.3 Å². The van der Waals surface area contributed by atoms with E-state index < -0.39 is 0 Å². The van der Waals surface area contributed by atoms with Gasteiger partial charge in [0.2, 0.25) is 0 Å². The van der Waals surface area contributed by atoms with Crippen LogP contribution in [0.25, 0.3) is 0 Å². The SMILES string of the molecule is Nc1c(I)ccc([C@@H]2CCCN2)c1O. The molecule has 0 radical (unpaired) electrons. The second kappa shape index (κ2) is 3.94. The van der Waals surface area contributed by atoms with Crippen LogP contribution in [-0.4, -0.2) is 11.7 Å². The van der Waals surface area contributed by atoms with Crippen molar-refractivity contribution >= 4 is 28.3 Å². The Morgan fingerprint density at radius 2 is 2.29 bits per heavy atom. The van der Waals surface area contributed by atoms with Crippen molar-refractivity contribution in [3.05, 3.63) is 21.3 Å². The Morgan fingerprint density at radius 1 is 1.50 bits per heavy atom. The van der Waals surface area contributed by atoms with Crippen LogP contribution < -0.4 is 11.1 Å². The second-order valence-electron chi connectivity index (χ2n) is 3.55. The molecule has 2 rings (SSSR count). The van der Waals surface area contributed by atoms with Gasteiger partial charge in [-0.2, -0.15) is 0 Å². The standard InChI is InChI=1S/C10H13IN2O/c11-7-4-3-6(10(14)9(7)12)8-2-1-5-13-8/h3-4,8,13-14H,1-2,5,12H2/t8-/m0/s1. The molecule has 0 bridgehead atoms. The summed E-state index contributed by atoms with van der Waals surface area (Å²) in [5, 5.41) is 13.2. The van der Waals surface area contributed by atoms with E-state index in [2.05, 4.69) is 27.9 Å². The molecule has 76 valence electrons. The van der Waals surface area contributed by atoms with Crippen LogP contribution in [0.3, 0.4) is 0 Å². The summed E-state index contributed by atoms with van der Waals surface area (Å²) in [6.07, 6.45) is 2.24. The fourth-order valence-electron chi connectivity index (χ4n) is 1.83. The van der Waals surface area contributed by atoms with Crippen molar-refractivity contribution in [2.45, 2.75) is 18.9 Å². The number of hydrogen-bond acceptors (Lipinski definition) is 3. The molecule has 1 aliphatic rings. The first-order valence-electron chi connectivity index (χ1n) is 4.70. The number of nitrogens with two attached hydrogens (primary N) is 1. The van der Waals surface area contributed by atoms with Gasteiger partial charge in [0.15, 0.2) is 0 Å². The predicted octanol–water partition coefficient (Wildman–Crippen LogP) is 2.00. The number of nitrogens with one attached hydrogen (secondary N) is 1. The number of nitrogen functional groups attached to an aromatic ring is 1. The molecule has 0 unspecified atom stereocenters. The number of hydrogen-bond donors (Lipinski definition) is 3. The topological polar surface area (TPSA) is 58.3 Å². The van der Waals surface area contributed by atoms with Crippen LogP contribution in [0.1, 0.15) is 24.4 Å². The maximum absolute atomic E-state index is 9.87. The van der Waals surface area contributed by atoms with Gasteiger partial charge in [0.1, 0.15) is 5.75 Å². The van der Waals surface area contributed by atoms with E-state index in [0.717, 1.165) is 28.5 Å². The number of rotatable bonds is 1.